The molecule has 1 rings (SSSR count). The molecule has 0 bridgehead atoms. The van der Waals surface area contributed by atoms with Crippen LogP contribution < -0.4 is 0 Å². The van der Waals surface area contributed by atoms with E-state index in [0.717, 1.165) is 19.3 Å². The highest BCUT2D eigenvalue weighted by molar-refractivity contribution is 4.98. The van der Waals surface area contributed by atoms with Crippen molar-refractivity contribution in [1.29, 1.82) is 0 Å². The minimum atomic E-state index is -0.531. The van der Waals surface area contributed by atoms with Gasteiger partial charge in [0.05, 0.1) is 18.8 Å². The van der Waals surface area contributed by atoms with Crippen molar-refractivity contribution in [2.75, 3.05) is 13.2 Å². The molecule has 1 aliphatic heterocycles. The Morgan fingerprint density at radius 2 is 2.12 bits per heavy atom. The molecule has 4 heteroatoms. The van der Waals surface area contributed by atoms with E-state index in [0.29, 0.717) is 12.5 Å². The van der Waals surface area contributed by atoms with E-state index in [1.54, 1.807) is 12.2 Å². The summed E-state index contributed by atoms with van der Waals surface area (Å²) in [7, 11) is 0. The summed E-state index contributed by atoms with van der Waals surface area (Å²) < 4.78 is 11.1. The van der Waals surface area contributed by atoms with Gasteiger partial charge in [-0.05, 0) is 31.8 Å². The summed E-state index contributed by atoms with van der Waals surface area (Å²) in [5.41, 5.74) is 0. The van der Waals surface area contributed by atoms with E-state index in [2.05, 4.69) is 6.92 Å². The Balaban J connectivity index is 2.15. The molecule has 4 atom stereocenters. The van der Waals surface area contributed by atoms with Crippen LogP contribution >= 0.6 is 0 Å². The Bertz CT molecular complexity index is 229. The maximum Gasteiger partial charge on any atom is 0.177 e. The molecule has 1 heterocycles. The lowest BCUT2D eigenvalue weighted by atomic mass is 10.1. The Morgan fingerprint density at radius 3 is 2.76 bits per heavy atom. The minimum absolute atomic E-state index is 0.213. The highest BCUT2D eigenvalue weighted by Gasteiger charge is 2.22. The molecule has 0 saturated carbocycles. The molecule has 0 spiro atoms. The minimum Gasteiger partial charge on any atom is -0.396 e. The smallest absolute Gasteiger partial charge is 0.177 e. The highest BCUT2D eigenvalue weighted by atomic mass is 16.7. The van der Waals surface area contributed by atoms with Crippen LogP contribution in [0.2, 0.25) is 0 Å². The number of rotatable bonds is 7. The van der Waals surface area contributed by atoms with Crippen LogP contribution in [0, 0.1) is 5.92 Å². The molecule has 0 amide bonds. The Labute approximate surface area is 103 Å². The molecule has 0 radical (unpaired) electrons. The van der Waals surface area contributed by atoms with Crippen molar-refractivity contribution < 1.29 is 19.7 Å². The molecule has 0 aromatic heterocycles. The van der Waals surface area contributed by atoms with Gasteiger partial charge in [0.2, 0.25) is 0 Å². The summed E-state index contributed by atoms with van der Waals surface area (Å²) in [6.45, 7) is 4.86. The predicted molar refractivity (Wildman–Crippen MR) is 65.5 cm³/mol. The number of ether oxygens (including phenoxy) is 2. The molecule has 0 aliphatic carbocycles. The fraction of sp³-hybridized carbons (Fsp3) is 0.846. The van der Waals surface area contributed by atoms with Crippen molar-refractivity contribution in [3.8, 4) is 0 Å². The van der Waals surface area contributed by atoms with Crippen LogP contribution in [0.5, 0.6) is 0 Å². The fourth-order valence-corrected chi connectivity index (χ4v) is 1.74. The van der Waals surface area contributed by atoms with E-state index in [4.69, 9.17) is 14.6 Å². The number of aliphatic hydroxyl groups excluding tert-OH is 2. The SMILES string of the molecule is C[C@H](CCCCO)CO[C@H]1C=C[C@@H](O)[C@H](C)O1. The average Bonchev–Trinajstić information content (AvgIpc) is 2.31. The van der Waals surface area contributed by atoms with Crippen LogP contribution in [0.4, 0.5) is 0 Å². The third-order valence-electron chi connectivity index (χ3n) is 2.95. The summed E-state index contributed by atoms with van der Waals surface area (Å²) >= 11 is 0. The lowest BCUT2D eigenvalue weighted by molar-refractivity contribution is -0.170. The molecular weight excluding hydrogens is 220 g/mol. The van der Waals surface area contributed by atoms with Crippen LogP contribution in [-0.2, 0) is 9.47 Å². The number of hydrogen-bond donors (Lipinski definition) is 2. The van der Waals surface area contributed by atoms with Gasteiger partial charge in [0.15, 0.2) is 6.29 Å². The first-order chi connectivity index (χ1) is 8.13. The van der Waals surface area contributed by atoms with Crippen LogP contribution in [0.25, 0.3) is 0 Å². The molecule has 100 valence electrons. The zero-order chi connectivity index (χ0) is 12.7. The Morgan fingerprint density at radius 1 is 1.35 bits per heavy atom. The number of aliphatic hydroxyl groups is 2. The van der Waals surface area contributed by atoms with Crippen molar-refractivity contribution >= 4 is 0 Å². The summed E-state index contributed by atoms with van der Waals surface area (Å²) in [6, 6.07) is 0. The van der Waals surface area contributed by atoms with E-state index < -0.39 is 6.10 Å². The highest BCUT2D eigenvalue weighted by Crippen LogP contribution is 2.15. The molecule has 4 nitrogen and oxygen atoms in total. The van der Waals surface area contributed by atoms with Gasteiger partial charge in [-0.2, -0.15) is 0 Å². The van der Waals surface area contributed by atoms with Gasteiger partial charge in [0, 0.05) is 6.61 Å². The summed E-state index contributed by atoms with van der Waals surface area (Å²) in [5.74, 6) is 0.459. The first-order valence-corrected chi connectivity index (χ1v) is 6.37. The largest absolute Gasteiger partial charge is 0.396 e. The molecule has 17 heavy (non-hydrogen) atoms. The Kier molecular flexibility index (Phi) is 6.73. The molecule has 2 N–H and O–H groups in total. The van der Waals surface area contributed by atoms with Crippen molar-refractivity contribution in [2.45, 2.75) is 51.6 Å². The zero-order valence-corrected chi connectivity index (χ0v) is 10.7. The summed E-state index contributed by atoms with van der Waals surface area (Å²) in [5, 5.41) is 18.1. The van der Waals surface area contributed by atoms with E-state index in [9.17, 15) is 5.11 Å². The molecule has 0 fully saturated rings. The van der Waals surface area contributed by atoms with E-state index in [-0.39, 0.29) is 19.0 Å². The van der Waals surface area contributed by atoms with Crippen molar-refractivity contribution in [2.24, 2.45) is 5.92 Å². The van der Waals surface area contributed by atoms with E-state index in [1.807, 2.05) is 6.92 Å². The molecular formula is C13H24O4. The number of hydrogen-bond acceptors (Lipinski definition) is 4. The monoisotopic (exact) mass is 244 g/mol. The molecule has 0 aromatic carbocycles. The van der Waals surface area contributed by atoms with E-state index >= 15 is 0 Å². The summed E-state index contributed by atoms with van der Waals surface area (Å²) in [6.07, 6.45) is 5.32. The lowest BCUT2D eigenvalue weighted by Gasteiger charge is -2.27. The lowest BCUT2D eigenvalue weighted by Crippen LogP contribution is -2.34. The first-order valence-electron chi connectivity index (χ1n) is 6.37. The number of unbranched alkanes of at least 4 members (excludes halogenated alkanes) is 1. The first kappa shape index (κ1) is 14.6. The predicted octanol–water partition coefficient (Wildman–Crippen LogP) is 1.46. The van der Waals surface area contributed by atoms with Crippen LogP contribution in [-0.4, -0.2) is 41.9 Å². The average molecular weight is 244 g/mol. The van der Waals surface area contributed by atoms with Crippen molar-refractivity contribution in [3.05, 3.63) is 12.2 Å². The molecule has 0 aromatic rings. The van der Waals surface area contributed by atoms with Gasteiger partial charge in [-0.1, -0.05) is 19.4 Å². The van der Waals surface area contributed by atoms with Crippen LogP contribution in [0.15, 0.2) is 12.2 Å². The second kappa shape index (κ2) is 7.82. The van der Waals surface area contributed by atoms with Gasteiger partial charge in [0.1, 0.15) is 0 Å². The van der Waals surface area contributed by atoms with Crippen LogP contribution in [0.1, 0.15) is 33.1 Å². The standard InChI is InChI=1S/C13H24O4/c1-10(5-3-4-8-14)9-16-13-7-6-12(15)11(2)17-13/h6-7,10-15H,3-5,8-9H2,1-2H3/t10-,11+,12-,13-/m1/s1. The van der Waals surface area contributed by atoms with Crippen LogP contribution in [0.3, 0.4) is 0 Å². The van der Waals surface area contributed by atoms with Gasteiger partial charge < -0.3 is 19.7 Å². The van der Waals surface area contributed by atoms with Gasteiger partial charge >= 0.3 is 0 Å². The quantitative estimate of drug-likeness (QED) is 0.526. The third-order valence-corrected chi connectivity index (χ3v) is 2.95. The molecule has 1 aliphatic rings. The van der Waals surface area contributed by atoms with E-state index in [1.165, 1.54) is 0 Å². The normalized spacial score (nSPS) is 30.5. The van der Waals surface area contributed by atoms with Gasteiger partial charge in [-0.15, -0.1) is 0 Å². The topological polar surface area (TPSA) is 58.9 Å². The second-order valence-corrected chi connectivity index (χ2v) is 4.74. The maximum absolute atomic E-state index is 9.43. The van der Waals surface area contributed by atoms with Crippen molar-refractivity contribution in [1.82, 2.24) is 0 Å². The second-order valence-electron chi connectivity index (χ2n) is 4.74. The zero-order valence-electron chi connectivity index (χ0n) is 10.7. The summed E-state index contributed by atoms with van der Waals surface area (Å²) in [4.78, 5) is 0. The fourth-order valence-electron chi connectivity index (χ4n) is 1.74. The van der Waals surface area contributed by atoms with Gasteiger partial charge in [-0.3, -0.25) is 0 Å². The van der Waals surface area contributed by atoms with Gasteiger partial charge in [-0.25, -0.2) is 0 Å². The molecule has 0 saturated heterocycles. The Hall–Kier alpha value is -0.420. The third kappa shape index (κ3) is 5.64. The maximum atomic E-state index is 9.43. The van der Waals surface area contributed by atoms with Crippen molar-refractivity contribution in [3.63, 3.8) is 0 Å². The molecule has 0 unspecified atom stereocenters. The van der Waals surface area contributed by atoms with Gasteiger partial charge in [0.25, 0.3) is 0 Å².